The van der Waals surface area contributed by atoms with Crippen LogP contribution in [0.3, 0.4) is 0 Å². The highest BCUT2D eigenvalue weighted by atomic mass is 28.4. The van der Waals surface area contributed by atoms with E-state index < -0.39 is 20.0 Å². The van der Waals surface area contributed by atoms with Crippen molar-refractivity contribution in [1.29, 1.82) is 0 Å². The lowest BCUT2D eigenvalue weighted by atomic mass is 9.91. The second-order valence-corrected chi connectivity index (χ2v) is 14.8. The van der Waals surface area contributed by atoms with Gasteiger partial charge in [-0.15, -0.1) is 0 Å². The number of hydrogen-bond acceptors (Lipinski definition) is 4. The van der Waals surface area contributed by atoms with Gasteiger partial charge in [0.1, 0.15) is 5.60 Å². The molecule has 0 aromatic carbocycles. The summed E-state index contributed by atoms with van der Waals surface area (Å²) in [5.74, 6) is 0.0836. The molecule has 150 valence electrons. The minimum atomic E-state index is -1.97. The molecule has 0 N–H and O–H groups in total. The standard InChI is InChI=1S/C20H37NO4Si/c1-14(2)16-11-15(22)12-21(18(23)25-19(3,4)5)17(16)13-24-26(9,10)20(6,7)8/h11,14,17H,12-13H2,1-10H3. The van der Waals surface area contributed by atoms with Gasteiger partial charge in [0, 0.05) is 0 Å². The SMILES string of the molecule is CC(C)C1=CC(=O)CN(C(=O)OC(C)(C)C)C1CO[Si](C)(C)C(C)(C)C. The van der Waals surface area contributed by atoms with E-state index in [0.717, 1.165) is 5.57 Å². The Morgan fingerprint density at radius 1 is 1.23 bits per heavy atom. The molecule has 1 amide bonds. The lowest BCUT2D eigenvalue weighted by Gasteiger charge is -2.42. The molecule has 1 heterocycles. The molecule has 1 aliphatic heterocycles. The van der Waals surface area contributed by atoms with Crippen molar-refractivity contribution < 1.29 is 18.8 Å². The van der Waals surface area contributed by atoms with E-state index in [4.69, 9.17) is 9.16 Å². The summed E-state index contributed by atoms with van der Waals surface area (Å²) < 4.78 is 11.9. The van der Waals surface area contributed by atoms with Gasteiger partial charge in [0.2, 0.25) is 0 Å². The average molecular weight is 384 g/mol. The predicted molar refractivity (Wildman–Crippen MR) is 108 cm³/mol. The number of rotatable bonds is 4. The van der Waals surface area contributed by atoms with Crippen LogP contribution in [0.15, 0.2) is 11.6 Å². The molecule has 0 bridgehead atoms. The van der Waals surface area contributed by atoms with Crippen LogP contribution in [0.5, 0.6) is 0 Å². The van der Waals surface area contributed by atoms with Crippen LogP contribution in [0, 0.1) is 5.92 Å². The third kappa shape index (κ3) is 5.95. The Bertz CT molecular complexity index is 567. The molecular formula is C20H37NO4Si. The fourth-order valence-electron chi connectivity index (χ4n) is 2.54. The van der Waals surface area contributed by atoms with Crippen molar-refractivity contribution in [2.24, 2.45) is 5.92 Å². The topological polar surface area (TPSA) is 55.8 Å². The molecule has 1 unspecified atom stereocenters. The summed E-state index contributed by atoms with van der Waals surface area (Å²) in [5.41, 5.74) is 0.329. The summed E-state index contributed by atoms with van der Waals surface area (Å²) in [4.78, 5) is 26.5. The van der Waals surface area contributed by atoms with Gasteiger partial charge in [0.25, 0.3) is 0 Å². The smallest absolute Gasteiger partial charge is 0.411 e. The van der Waals surface area contributed by atoms with E-state index in [1.807, 2.05) is 34.6 Å². The number of carbonyl (C=O) groups is 2. The number of ether oxygens (including phenoxy) is 1. The lowest BCUT2D eigenvalue weighted by molar-refractivity contribution is -0.117. The van der Waals surface area contributed by atoms with Crippen molar-refractivity contribution in [3.63, 3.8) is 0 Å². The molecule has 26 heavy (non-hydrogen) atoms. The summed E-state index contributed by atoms with van der Waals surface area (Å²) >= 11 is 0. The van der Waals surface area contributed by atoms with Crippen molar-refractivity contribution in [3.8, 4) is 0 Å². The number of hydrogen-bond donors (Lipinski definition) is 0. The Balaban J connectivity index is 3.13. The maximum absolute atomic E-state index is 12.7. The van der Waals surface area contributed by atoms with Gasteiger partial charge in [0.05, 0.1) is 19.2 Å². The highest BCUT2D eigenvalue weighted by molar-refractivity contribution is 6.74. The van der Waals surface area contributed by atoms with E-state index in [-0.39, 0.29) is 29.3 Å². The van der Waals surface area contributed by atoms with Crippen molar-refractivity contribution in [1.82, 2.24) is 4.90 Å². The molecule has 6 heteroatoms. The third-order valence-corrected chi connectivity index (χ3v) is 9.62. The zero-order valence-electron chi connectivity index (χ0n) is 18.2. The molecule has 0 saturated heterocycles. The zero-order chi connectivity index (χ0) is 20.5. The largest absolute Gasteiger partial charge is 0.444 e. The average Bonchev–Trinajstić information content (AvgIpc) is 2.41. The minimum Gasteiger partial charge on any atom is -0.444 e. The third-order valence-electron chi connectivity index (χ3n) is 5.12. The maximum Gasteiger partial charge on any atom is 0.411 e. The van der Waals surface area contributed by atoms with E-state index in [9.17, 15) is 9.59 Å². The highest BCUT2D eigenvalue weighted by Crippen LogP contribution is 2.37. The molecule has 0 aromatic rings. The van der Waals surface area contributed by atoms with Gasteiger partial charge in [-0.2, -0.15) is 0 Å². The molecule has 0 aromatic heterocycles. The fourth-order valence-corrected chi connectivity index (χ4v) is 3.55. The normalized spacial score (nSPS) is 19.7. The molecular weight excluding hydrogens is 346 g/mol. The second-order valence-electron chi connectivity index (χ2n) is 9.96. The van der Waals surface area contributed by atoms with E-state index in [1.165, 1.54) is 4.90 Å². The van der Waals surface area contributed by atoms with Crippen molar-refractivity contribution in [2.75, 3.05) is 13.2 Å². The van der Waals surface area contributed by atoms with Crippen molar-refractivity contribution in [2.45, 2.75) is 85.2 Å². The summed E-state index contributed by atoms with van der Waals surface area (Å²) in [6.45, 7) is 21.0. The van der Waals surface area contributed by atoms with E-state index >= 15 is 0 Å². The van der Waals surface area contributed by atoms with Crippen LogP contribution in [-0.4, -0.2) is 49.9 Å². The summed E-state index contributed by atoms with van der Waals surface area (Å²) in [5, 5.41) is 0.0793. The van der Waals surface area contributed by atoms with Crippen LogP contribution >= 0.6 is 0 Å². The zero-order valence-corrected chi connectivity index (χ0v) is 19.2. The first kappa shape index (κ1) is 22.9. The summed E-state index contributed by atoms with van der Waals surface area (Å²) in [7, 11) is -1.97. The first-order valence-corrected chi connectivity index (χ1v) is 12.3. The van der Waals surface area contributed by atoms with Gasteiger partial charge in [-0.05, 0) is 56.5 Å². The number of nitrogens with zero attached hydrogens (tertiary/aromatic N) is 1. The Labute approximate surface area is 160 Å². The van der Waals surface area contributed by atoms with Gasteiger partial charge >= 0.3 is 6.09 Å². The van der Waals surface area contributed by atoms with Crippen molar-refractivity contribution >= 4 is 20.2 Å². The fraction of sp³-hybridized carbons (Fsp3) is 0.800. The summed E-state index contributed by atoms with van der Waals surface area (Å²) in [6, 6.07) is -0.267. The van der Waals surface area contributed by atoms with Gasteiger partial charge in [0.15, 0.2) is 14.1 Å². The molecule has 5 nitrogen and oxygen atoms in total. The van der Waals surface area contributed by atoms with Crippen LogP contribution in [0.25, 0.3) is 0 Å². The lowest BCUT2D eigenvalue weighted by Crippen LogP contribution is -2.53. The minimum absolute atomic E-state index is 0.0384. The molecule has 0 spiro atoms. The van der Waals surface area contributed by atoms with E-state index in [1.54, 1.807) is 6.08 Å². The summed E-state index contributed by atoms with van der Waals surface area (Å²) in [6.07, 6.45) is 1.23. The van der Waals surface area contributed by atoms with Crippen LogP contribution < -0.4 is 0 Å². The Kier molecular flexibility index (Phi) is 6.91. The van der Waals surface area contributed by atoms with Gasteiger partial charge in [-0.3, -0.25) is 9.69 Å². The molecule has 0 saturated carbocycles. The van der Waals surface area contributed by atoms with Gasteiger partial charge in [-0.1, -0.05) is 34.6 Å². The second kappa shape index (κ2) is 7.85. The van der Waals surface area contributed by atoms with Gasteiger partial charge < -0.3 is 9.16 Å². The molecule has 1 rings (SSSR count). The number of carbonyl (C=O) groups excluding carboxylic acids is 2. The molecule has 0 fully saturated rings. The van der Waals surface area contributed by atoms with E-state index in [2.05, 4.69) is 33.9 Å². The number of amides is 1. The Morgan fingerprint density at radius 3 is 2.19 bits per heavy atom. The predicted octanol–water partition coefficient (Wildman–Crippen LogP) is 4.78. The molecule has 0 aliphatic carbocycles. The van der Waals surface area contributed by atoms with Crippen molar-refractivity contribution in [3.05, 3.63) is 11.6 Å². The van der Waals surface area contributed by atoms with Crippen LogP contribution in [0.2, 0.25) is 18.1 Å². The molecule has 1 aliphatic rings. The quantitative estimate of drug-likeness (QED) is 0.656. The highest BCUT2D eigenvalue weighted by Gasteiger charge is 2.41. The Hall–Kier alpha value is -1.14. The van der Waals surface area contributed by atoms with E-state index in [0.29, 0.717) is 6.61 Å². The molecule has 0 radical (unpaired) electrons. The first-order chi connectivity index (χ1) is 11.5. The first-order valence-electron chi connectivity index (χ1n) is 9.43. The van der Waals surface area contributed by atoms with Crippen LogP contribution in [0.1, 0.15) is 55.4 Å². The van der Waals surface area contributed by atoms with Gasteiger partial charge in [-0.25, -0.2) is 4.79 Å². The number of ketones is 1. The monoisotopic (exact) mass is 383 g/mol. The Morgan fingerprint density at radius 2 is 1.77 bits per heavy atom. The van der Waals surface area contributed by atoms with Crippen LogP contribution in [-0.2, 0) is 14.0 Å². The molecule has 1 atom stereocenters. The van der Waals surface area contributed by atoms with Crippen LogP contribution in [0.4, 0.5) is 4.79 Å². The maximum atomic E-state index is 12.7.